The molecule has 1 aromatic heterocycles. The number of carbonyl (C=O) groups is 3. The second kappa shape index (κ2) is 6.27. The summed E-state index contributed by atoms with van der Waals surface area (Å²) in [5.74, 6) is -0.452. The lowest BCUT2D eigenvalue weighted by molar-refractivity contribution is -0.143. The van der Waals surface area contributed by atoms with Gasteiger partial charge in [-0.25, -0.2) is 4.98 Å². The highest BCUT2D eigenvalue weighted by atomic mass is 32.1. The van der Waals surface area contributed by atoms with Gasteiger partial charge in [0.05, 0.1) is 11.8 Å². The number of hydrogen-bond donors (Lipinski definition) is 1. The molecular formula is C20H19N3O3S. The molecule has 6 nitrogen and oxygen atoms in total. The van der Waals surface area contributed by atoms with Gasteiger partial charge >= 0.3 is 0 Å². The molecule has 3 fully saturated rings. The number of nitrogens with zero attached hydrogens (tertiary/aromatic N) is 2. The summed E-state index contributed by atoms with van der Waals surface area (Å²) in [6, 6.07) is 10.3. The molecule has 3 amide bonds. The highest BCUT2D eigenvalue weighted by molar-refractivity contribution is 7.13. The summed E-state index contributed by atoms with van der Waals surface area (Å²) in [4.78, 5) is 43.3. The number of anilines is 1. The zero-order valence-corrected chi connectivity index (χ0v) is 15.4. The van der Waals surface area contributed by atoms with Gasteiger partial charge in [-0.1, -0.05) is 30.3 Å². The molecule has 2 saturated carbocycles. The monoisotopic (exact) mass is 381 g/mol. The van der Waals surface area contributed by atoms with Crippen molar-refractivity contribution in [3.05, 3.63) is 47.5 Å². The van der Waals surface area contributed by atoms with Crippen LogP contribution in [0.3, 0.4) is 0 Å². The average molecular weight is 381 g/mol. The molecule has 0 spiro atoms. The molecule has 138 valence electrons. The molecule has 2 aromatic rings. The maximum absolute atomic E-state index is 13.0. The molecule has 1 N–H and O–H groups in total. The molecule has 5 atom stereocenters. The number of amides is 3. The summed E-state index contributed by atoms with van der Waals surface area (Å²) in [5, 5.41) is 4.88. The Morgan fingerprint density at radius 2 is 1.93 bits per heavy atom. The van der Waals surface area contributed by atoms with E-state index in [2.05, 4.69) is 22.4 Å². The van der Waals surface area contributed by atoms with Gasteiger partial charge in [-0.2, -0.15) is 0 Å². The van der Waals surface area contributed by atoms with Crippen molar-refractivity contribution in [1.82, 2.24) is 9.88 Å². The summed E-state index contributed by atoms with van der Waals surface area (Å²) in [5.41, 5.74) is 1.25. The first-order valence-corrected chi connectivity index (χ1v) is 10.1. The predicted molar refractivity (Wildman–Crippen MR) is 99.8 cm³/mol. The standard InChI is InChI=1S/C20H19N3O3S/c24-15(22-20-21-6-7-27-20)10-23-18(25)16-12-8-13(11-4-2-1-3-5-11)14(9-12)17(16)19(23)26/h1-7,12-14,16-17H,8-10H2,(H,21,22,24)/t12-,13+,14+,16+,17-/m0/s1. The van der Waals surface area contributed by atoms with E-state index >= 15 is 0 Å². The van der Waals surface area contributed by atoms with Crippen LogP contribution in [0.2, 0.25) is 0 Å². The Kier molecular flexibility index (Phi) is 3.86. The van der Waals surface area contributed by atoms with E-state index in [0.29, 0.717) is 11.0 Å². The van der Waals surface area contributed by atoms with Crippen molar-refractivity contribution in [1.29, 1.82) is 0 Å². The second-order valence-electron chi connectivity index (χ2n) is 7.61. The van der Waals surface area contributed by atoms with Gasteiger partial charge in [0.15, 0.2) is 5.13 Å². The van der Waals surface area contributed by atoms with E-state index in [1.165, 1.54) is 21.8 Å². The van der Waals surface area contributed by atoms with E-state index < -0.39 is 0 Å². The molecule has 5 rings (SSSR count). The smallest absolute Gasteiger partial charge is 0.246 e. The molecule has 3 aliphatic rings. The fourth-order valence-corrected chi connectivity index (χ4v) is 5.89. The summed E-state index contributed by atoms with van der Waals surface area (Å²) >= 11 is 1.30. The van der Waals surface area contributed by atoms with Gasteiger partial charge < -0.3 is 5.32 Å². The van der Waals surface area contributed by atoms with Gasteiger partial charge in [-0.05, 0) is 36.2 Å². The van der Waals surface area contributed by atoms with Crippen LogP contribution in [0.5, 0.6) is 0 Å². The lowest BCUT2D eigenvalue weighted by Gasteiger charge is -2.28. The van der Waals surface area contributed by atoms with E-state index in [0.717, 1.165) is 12.8 Å². The first kappa shape index (κ1) is 16.6. The van der Waals surface area contributed by atoms with Crippen molar-refractivity contribution in [2.24, 2.45) is 23.7 Å². The maximum atomic E-state index is 13.0. The van der Waals surface area contributed by atoms with Crippen LogP contribution in [0, 0.1) is 23.7 Å². The van der Waals surface area contributed by atoms with E-state index in [4.69, 9.17) is 0 Å². The van der Waals surface area contributed by atoms with Crippen molar-refractivity contribution < 1.29 is 14.4 Å². The Balaban J connectivity index is 1.34. The summed E-state index contributed by atoms with van der Waals surface area (Å²) in [6.45, 7) is -0.223. The minimum atomic E-state index is -0.376. The van der Waals surface area contributed by atoms with Gasteiger partial charge in [0, 0.05) is 11.6 Å². The fraction of sp³-hybridized carbons (Fsp3) is 0.400. The second-order valence-corrected chi connectivity index (χ2v) is 8.51. The van der Waals surface area contributed by atoms with Crippen LogP contribution < -0.4 is 5.32 Å². The Morgan fingerprint density at radius 3 is 2.67 bits per heavy atom. The number of hydrogen-bond acceptors (Lipinski definition) is 5. The SMILES string of the molecule is O=C(CN1C(=O)[C@@H]2[C@@H]3C[C@@H]([C@@H]2C1=O)[C@@H](c1ccccc1)C3)Nc1nccs1. The number of rotatable bonds is 4. The third-order valence-corrected chi connectivity index (χ3v) is 7.00. The number of nitrogens with one attached hydrogen (secondary N) is 1. The molecule has 1 aliphatic heterocycles. The summed E-state index contributed by atoms with van der Waals surface area (Å²) < 4.78 is 0. The minimum absolute atomic E-state index is 0.168. The highest BCUT2D eigenvalue weighted by Crippen LogP contribution is 2.61. The van der Waals surface area contributed by atoms with Crippen LogP contribution in [-0.2, 0) is 14.4 Å². The fourth-order valence-electron chi connectivity index (χ4n) is 5.35. The number of benzene rings is 1. The topological polar surface area (TPSA) is 79.4 Å². The van der Waals surface area contributed by atoms with Crippen LogP contribution in [0.15, 0.2) is 41.9 Å². The van der Waals surface area contributed by atoms with Crippen LogP contribution in [0.4, 0.5) is 5.13 Å². The lowest BCUT2D eigenvalue weighted by Crippen LogP contribution is -2.39. The Labute approximate surface area is 160 Å². The molecule has 2 heterocycles. The Bertz CT molecular complexity index is 898. The average Bonchev–Trinajstić information content (AvgIpc) is 3.44. The highest BCUT2D eigenvalue weighted by Gasteiger charge is 2.63. The molecule has 0 radical (unpaired) electrons. The molecule has 2 aliphatic carbocycles. The summed E-state index contributed by atoms with van der Waals surface area (Å²) in [6.07, 6.45) is 3.48. The van der Waals surface area contributed by atoms with Crippen LogP contribution >= 0.6 is 11.3 Å². The molecule has 0 unspecified atom stereocenters. The van der Waals surface area contributed by atoms with Crippen molar-refractivity contribution in [3.8, 4) is 0 Å². The van der Waals surface area contributed by atoms with Crippen LogP contribution in [-0.4, -0.2) is 34.2 Å². The van der Waals surface area contributed by atoms with E-state index in [1.807, 2.05) is 18.2 Å². The van der Waals surface area contributed by atoms with E-state index in [9.17, 15) is 14.4 Å². The van der Waals surface area contributed by atoms with E-state index in [-0.39, 0.29) is 47.9 Å². The van der Waals surface area contributed by atoms with Gasteiger partial charge in [0.2, 0.25) is 17.7 Å². The number of aromatic nitrogens is 1. The third-order valence-electron chi connectivity index (χ3n) is 6.31. The zero-order valence-electron chi connectivity index (χ0n) is 14.6. The molecule has 1 saturated heterocycles. The number of imide groups is 1. The van der Waals surface area contributed by atoms with Crippen molar-refractivity contribution >= 4 is 34.2 Å². The number of carbonyl (C=O) groups excluding carboxylic acids is 3. The molecule has 7 heteroatoms. The Morgan fingerprint density at radius 1 is 1.15 bits per heavy atom. The normalized spacial score (nSPS) is 31.4. The van der Waals surface area contributed by atoms with Gasteiger partial charge in [-0.15, -0.1) is 11.3 Å². The molecular weight excluding hydrogens is 362 g/mol. The number of likely N-dealkylation sites (tertiary alicyclic amines) is 1. The van der Waals surface area contributed by atoms with Crippen LogP contribution in [0.25, 0.3) is 0 Å². The van der Waals surface area contributed by atoms with Gasteiger partial charge in [0.1, 0.15) is 6.54 Å². The minimum Gasteiger partial charge on any atom is -0.300 e. The number of thiazole rings is 1. The van der Waals surface area contributed by atoms with Gasteiger partial charge in [-0.3, -0.25) is 19.3 Å². The molecule has 1 aromatic carbocycles. The first-order valence-electron chi connectivity index (χ1n) is 9.23. The van der Waals surface area contributed by atoms with Crippen molar-refractivity contribution in [2.75, 3.05) is 11.9 Å². The Hall–Kier alpha value is -2.54. The van der Waals surface area contributed by atoms with Crippen molar-refractivity contribution in [2.45, 2.75) is 18.8 Å². The van der Waals surface area contributed by atoms with Crippen LogP contribution in [0.1, 0.15) is 24.3 Å². The maximum Gasteiger partial charge on any atom is 0.246 e. The first-order chi connectivity index (χ1) is 13.1. The molecule has 27 heavy (non-hydrogen) atoms. The van der Waals surface area contributed by atoms with E-state index in [1.54, 1.807) is 11.6 Å². The van der Waals surface area contributed by atoms with Crippen molar-refractivity contribution in [3.63, 3.8) is 0 Å². The molecule has 2 bridgehead atoms. The lowest BCUT2D eigenvalue weighted by atomic mass is 9.73. The summed E-state index contributed by atoms with van der Waals surface area (Å²) in [7, 11) is 0. The predicted octanol–water partition coefficient (Wildman–Crippen LogP) is 2.51. The van der Waals surface area contributed by atoms with Gasteiger partial charge in [0.25, 0.3) is 0 Å². The third kappa shape index (κ3) is 2.60. The zero-order chi connectivity index (χ0) is 18.5. The number of fused-ring (bicyclic) bond motifs is 5. The largest absolute Gasteiger partial charge is 0.300 e. The quantitative estimate of drug-likeness (QED) is 0.826.